The summed E-state index contributed by atoms with van der Waals surface area (Å²) in [6.45, 7) is 4.75. The molecule has 0 saturated heterocycles. The van der Waals surface area contributed by atoms with Gasteiger partial charge in [0, 0.05) is 0 Å². The molecule has 0 amide bonds. The minimum atomic E-state index is 0.686. The Balaban J connectivity index is 1.93. The van der Waals surface area contributed by atoms with Crippen molar-refractivity contribution < 1.29 is 0 Å². The number of hydrogen-bond acceptors (Lipinski definition) is 0. The lowest BCUT2D eigenvalue weighted by atomic mass is 9.84. The summed E-state index contributed by atoms with van der Waals surface area (Å²) in [5, 5.41) is 0. The Hall–Kier alpha value is -1.56. The van der Waals surface area contributed by atoms with Crippen LogP contribution in [-0.2, 0) is 0 Å². The minimum Gasteiger partial charge on any atom is -0.0625 e. The van der Waals surface area contributed by atoms with Crippen LogP contribution in [-0.4, -0.2) is 0 Å². The van der Waals surface area contributed by atoms with Crippen molar-refractivity contribution in [2.75, 3.05) is 0 Å². The molecule has 0 heterocycles. The highest BCUT2D eigenvalue weighted by molar-refractivity contribution is 5.30. The molecule has 1 aliphatic rings. The lowest BCUT2D eigenvalue weighted by molar-refractivity contribution is 0.389. The molecular weight excluding hydrogens is 240 g/mol. The fraction of sp³-hybridized carbons (Fsp3) is 0.400. The summed E-state index contributed by atoms with van der Waals surface area (Å²) >= 11 is 0. The molecule has 0 radical (unpaired) electrons. The zero-order chi connectivity index (χ0) is 13.9. The van der Waals surface area contributed by atoms with Crippen LogP contribution < -0.4 is 0 Å². The Labute approximate surface area is 122 Å². The van der Waals surface area contributed by atoms with E-state index in [1.54, 1.807) is 0 Å². The Kier molecular flexibility index (Phi) is 3.91. The summed E-state index contributed by atoms with van der Waals surface area (Å²) in [6.07, 6.45) is 2.67. The maximum Gasteiger partial charge on any atom is -0.00902 e. The Morgan fingerprint density at radius 3 is 1.45 bits per heavy atom. The summed E-state index contributed by atoms with van der Waals surface area (Å²) in [5.74, 6) is 3.01. The second-order valence-corrected chi connectivity index (χ2v) is 6.51. The molecule has 0 spiro atoms. The standard InChI is InChI=1S/C20H24/c1-15(2)18-13-19(16-9-5-3-6-10-16)20(14-18)17-11-7-4-8-12-17/h3-12,15,18-20H,13-14H2,1-2H3/t18?,19-,20+. The highest BCUT2D eigenvalue weighted by Crippen LogP contribution is 2.50. The SMILES string of the molecule is CC(C)C1C[C@H](c2ccccc2)[C@H](c2ccccc2)C1. The van der Waals surface area contributed by atoms with Gasteiger partial charge in [-0.15, -0.1) is 0 Å². The molecule has 0 aromatic heterocycles. The van der Waals surface area contributed by atoms with Gasteiger partial charge in [0.05, 0.1) is 0 Å². The van der Waals surface area contributed by atoms with Gasteiger partial charge >= 0.3 is 0 Å². The number of hydrogen-bond donors (Lipinski definition) is 0. The van der Waals surface area contributed by atoms with Gasteiger partial charge in [0.15, 0.2) is 0 Å². The third-order valence-corrected chi connectivity index (χ3v) is 5.00. The van der Waals surface area contributed by atoms with Gasteiger partial charge < -0.3 is 0 Å². The van der Waals surface area contributed by atoms with E-state index in [0.29, 0.717) is 11.8 Å². The van der Waals surface area contributed by atoms with Crippen molar-refractivity contribution in [1.82, 2.24) is 0 Å². The van der Waals surface area contributed by atoms with Gasteiger partial charge in [0.25, 0.3) is 0 Å². The molecule has 1 unspecified atom stereocenters. The van der Waals surface area contributed by atoms with Gasteiger partial charge in [0.2, 0.25) is 0 Å². The highest BCUT2D eigenvalue weighted by atomic mass is 14.4. The second kappa shape index (κ2) is 5.83. The van der Waals surface area contributed by atoms with Gasteiger partial charge in [-0.25, -0.2) is 0 Å². The van der Waals surface area contributed by atoms with Crippen LogP contribution in [0.15, 0.2) is 60.7 Å². The predicted molar refractivity (Wildman–Crippen MR) is 85.9 cm³/mol. The summed E-state index contributed by atoms with van der Waals surface area (Å²) in [4.78, 5) is 0. The van der Waals surface area contributed by atoms with Crippen LogP contribution in [0.4, 0.5) is 0 Å². The molecule has 20 heavy (non-hydrogen) atoms. The van der Waals surface area contributed by atoms with E-state index in [1.165, 1.54) is 24.0 Å². The van der Waals surface area contributed by atoms with Crippen molar-refractivity contribution in [1.29, 1.82) is 0 Å². The third kappa shape index (κ3) is 2.65. The van der Waals surface area contributed by atoms with Crippen molar-refractivity contribution in [3.05, 3.63) is 71.8 Å². The van der Waals surface area contributed by atoms with E-state index in [9.17, 15) is 0 Å². The van der Waals surface area contributed by atoms with Crippen molar-refractivity contribution in [2.24, 2.45) is 11.8 Å². The Morgan fingerprint density at radius 1 is 0.700 bits per heavy atom. The first-order valence-electron chi connectivity index (χ1n) is 7.85. The topological polar surface area (TPSA) is 0 Å². The quantitative estimate of drug-likeness (QED) is 0.675. The van der Waals surface area contributed by atoms with Gasteiger partial charge in [-0.3, -0.25) is 0 Å². The van der Waals surface area contributed by atoms with E-state index in [4.69, 9.17) is 0 Å². The number of rotatable bonds is 3. The van der Waals surface area contributed by atoms with Gasteiger partial charge in [-0.2, -0.15) is 0 Å². The van der Waals surface area contributed by atoms with Crippen molar-refractivity contribution >= 4 is 0 Å². The average molecular weight is 264 g/mol. The second-order valence-electron chi connectivity index (χ2n) is 6.51. The van der Waals surface area contributed by atoms with Crippen LogP contribution in [0.3, 0.4) is 0 Å². The molecule has 1 saturated carbocycles. The summed E-state index contributed by atoms with van der Waals surface area (Å²) in [5.41, 5.74) is 3.04. The maximum atomic E-state index is 2.38. The predicted octanol–water partition coefficient (Wildman–Crippen LogP) is 5.62. The largest absolute Gasteiger partial charge is 0.0625 e. The number of benzene rings is 2. The Morgan fingerprint density at radius 2 is 1.10 bits per heavy atom. The molecule has 3 atom stereocenters. The zero-order valence-corrected chi connectivity index (χ0v) is 12.5. The minimum absolute atomic E-state index is 0.686. The molecule has 3 rings (SSSR count). The monoisotopic (exact) mass is 264 g/mol. The molecule has 104 valence electrons. The fourth-order valence-electron chi connectivity index (χ4n) is 3.76. The molecule has 1 aliphatic carbocycles. The molecule has 0 heteroatoms. The van der Waals surface area contributed by atoms with E-state index in [0.717, 1.165) is 11.8 Å². The van der Waals surface area contributed by atoms with Crippen molar-refractivity contribution in [3.63, 3.8) is 0 Å². The maximum absolute atomic E-state index is 2.38. The molecule has 2 aromatic carbocycles. The van der Waals surface area contributed by atoms with Crippen LogP contribution >= 0.6 is 0 Å². The first-order chi connectivity index (χ1) is 9.75. The van der Waals surface area contributed by atoms with E-state index in [1.807, 2.05) is 0 Å². The lowest BCUT2D eigenvalue weighted by Gasteiger charge is -2.20. The summed E-state index contributed by atoms with van der Waals surface area (Å²) in [6, 6.07) is 22.2. The van der Waals surface area contributed by atoms with Crippen LogP contribution in [0.1, 0.15) is 49.7 Å². The zero-order valence-electron chi connectivity index (χ0n) is 12.5. The molecule has 1 fully saturated rings. The van der Waals surface area contributed by atoms with E-state index >= 15 is 0 Å². The third-order valence-electron chi connectivity index (χ3n) is 5.00. The van der Waals surface area contributed by atoms with Crippen LogP contribution in [0.25, 0.3) is 0 Å². The molecule has 0 N–H and O–H groups in total. The molecule has 2 aromatic rings. The van der Waals surface area contributed by atoms with Gasteiger partial charge in [0.1, 0.15) is 0 Å². The van der Waals surface area contributed by atoms with Crippen LogP contribution in [0.2, 0.25) is 0 Å². The first kappa shape index (κ1) is 13.4. The molecule has 0 nitrogen and oxygen atoms in total. The lowest BCUT2D eigenvalue weighted by Crippen LogP contribution is -2.04. The molecular formula is C20H24. The normalized spacial score (nSPS) is 26.1. The van der Waals surface area contributed by atoms with E-state index in [2.05, 4.69) is 74.5 Å². The fourth-order valence-corrected chi connectivity index (χ4v) is 3.76. The van der Waals surface area contributed by atoms with Crippen molar-refractivity contribution in [2.45, 2.75) is 38.5 Å². The van der Waals surface area contributed by atoms with Gasteiger partial charge in [-0.05, 0) is 47.6 Å². The summed E-state index contributed by atoms with van der Waals surface area (Å²) in [7, 11) is 0. The van der Waals surface area contributed by atoms with E-state index in [-0.39, 0.29) is 0 Å². The highest BCUT2D eigenvalue weighted by Gasteiger charge is 2.36. The smallest absolute Gasteiger partial charge is 0.00902 e. The molecule has 0 bridgehead atoms. The van der Waals surface area contributed by atoms with Crippen LogP contribution in [0.5, 0.6) is 0 Å². The van der Waals surface area contributed by atoms with Crippen molar-refractivity contribution in [3.8, 4) is 0 Å². The molecule has 0 aliphatic heterocycles. The first-order valence-corrected chi connectivity index (χ1v) is 7.85. The van der Waals surface area contributed by atoms with E-state index < -0.39 is 0 Å². The average Bonchev–Trinajstić information content (AvgIpc) is 2.94. The van der Waals surface area contributed by atoms with Gasteiger partial charge in [-0.1, -0.05) is 74.5 Å². The summed E-state index contributed by atoms with van der Waals surface area (Å²) < 4.78 is 0. The Bertz CT molecular complexity index is 479. The van der Waals surface area contributed by atoms with Crippen LogP contribution in [0, 0.1) is 11.8 Å².